The van der Waals surface area contributed by atoms with Crippen LogP contribution in [0.2, 0.25) is 0 Å². The van der Waals surface area contributed by atoms with E-state index in [0.717, 1.165) is 57.9 Å². The van der Waals surface area contributed by atoms with Crippen molar-refractivity contribution in [1.82, 2.24) is 9.80 Å². The normalized spacial score (nSPS) is 18.9. The number of benzene rings is 2. The Bertz CT molecular complexity index is 883. The monoisotopic (exact) mass is 431 g/mol. The first-order chi connectivity index (χ1) is 15.8. The van der Waals surface area contributed by atoms with Gasteiger partial charge in [0.1, 0.15) is 5.75 Å². The lowest BCUT2D eigenvalue weighted by atomic mass is 9.87. The van der Waals surface area contributed by atoms with Gasteiger partial charge in [-0.1, -0.05) is 30.2 Å². The highest BCUT2D eigenvalue weighted by atomic mass is 16.5. The minimum absolute atomic E-state index is 0.542. The number of terminal acetylenes is 1. The molecule has 4 nitrogen and oxygen atoms in total. The predicted octanol–water partition coefficient (Wildman–Crippen LogP) is 4.09. The molecule has 0 unspecified atom stereocenters. The molecule has 0 bridgehead atoms. The fourth-order valence-electron chi connectivity index (χ4n) is 5.18. The van der Waals surface area contributed by atoms with Crippen LogP contribution in [0.1, 0.15) is 30.4 Å². The molecule has 0 aromatic heterocycles. The van der Waals surface area contributed by atoms with Gasteiger partial charge in [0.05, 0.1) is 13.7 Å². The Kier molecular flexibility index (Phi) is 8.09. The quantitative estimate of drug-likeness (QED) is 0.440. The first-order valence-electron chi connectivity index (χ1n) is 12.1. The third-order valence-corrected chi connectivity index (χ3v) is 7.09. The SMILES string of the molecule is C#CCN(CCCCN1CCN(c2ccccc2)CC1)[C@@H]1CCc2ccc(OC)cc2C1. The van der Waals surface area contributed by atoms with Gasteiger partial charge in [-0.2, -0.15) is 0 Å². The predicted molar refractivity (Wildman–Crippen MR) is 134 cm³/mol. The Balaban J connectivity index is 1.21. The molecule has 32 heavy (non-hydrogen) atoms. The highest BCUT2D eigenvalue weighted by Gasteiger charge is 2.24. The number of aryl methyl sites for hydroxylation is 1. The molecule has 170 valence electrons. The van der Waals surface area contributed by atoms with Crippen molar-refractivity contribution in [3.05, 3.63) is 59.7 Å². The summed E-state index contributed by atoms with van der Waals surface area (Å²) in [6.07, 6.45) is 11.6. The highest BCUT2D eigenvalue weighted by Crippen LogP contribution is 2.28. The molecule has 1 aliphatic heterocycles. The summed E-state index contributed by atoms with van der Waals surface area (Å²) in [5, 5.41) is 0. The van der Waals surface area contributed by atoms with E-state index in [1.165, 1.54) is 42.6 Å². The van der Waals surface area contributed by atoms with Crippen LogP contribution in [0.25, 0.3) is 0 Å². The van der Waals surface area contributed by atoms with Gasteiger partial charge < -0.3 is 9.64 Å². The summed E-state index contributed by atoms with van der Waals surface area (Å²) in [7, 11) is 1.74. The number of rotatable bonds is 9. The van der Waals surface area contributed by atoms with Crippen molar-refractivity contribution >= 4 is 5.69 Å². The minimum Gasteiger partial charge on any atom is -0.497 e. The summed E-state index contributed by atoms with van der Waals surface area (Å²) in [6.45, 7) is 7.60. The lowest BCUT2D eigenvalue weighted by molar-refractivity contribution is 0.190. The Hall–Kier alpha value is -2.48. The number of nitrogens with zero attached hydrogens (tertiary/aromatic N) is 3. The standard InChI is InChI=1S/C28H37N3O/c1-3-15-30(27-13-11-24-12-14-28(32-2)23-25(24)22-27)17-8-7-16-29-18-20-31(21-19-29)26-9-5-4-6-10-26/h1,4-6,9-10,12,14,23,27H,7-8,11,13,15-22H2,2H3/t27-/m1/s1. The molecular weight excluding hydrogens is 394 g/mol. The summed E-state index contributed by atoms with van der Waals surface area (Å²) in [5.41, 5.74) is 4.25. The van der Waals surface area contributed by atoms with Crippen LogP contribution < -0.4 is 9.64 Å². The van der Waals surface area contributed by atoms with Crippen LogP contribution in [0.5, 0.6) is 5.75 Å². The molecular formula is C28H37N3O. The molecule has 2 aromatic carbocycles. The Morgan fingerprint density at radius 1 is 1.03 bits per heavy atom. The van der Waals surface area contributed by atoms with E-state index in [1.54, 1.807) is 7.11 Å². The van der Waals surface area contributed by atoms with Gasteiger partial charge in [0, 0.05) is 37.9 Å². The van der Waals surface area contributed by atoms with Gasteiger partial charge in [-0.3, -0.25) is 9.80 Å². The van der Waals surface area contributed by atoms with E-state index < -0.39 is 0 Å². The second-order valence-electron chi connectivity index (χ2n) is 9.08. The molecule has 0 N–H and O–H groups in total. The van der Waals surface area contributed by atoms with Crippen LogP contribution in [-0.2, 0) is 12.8 Å². The fraction of sp³-hybridized carbons (Fsp3) is 0.500. The van der Waals surface area contributed by atoms with E-state index in [4.69, 9.17) is 11.2 Å². The van der Waals surface area contributed by atoms with E-state index >= 15 is 0 Å². The molecule has 1 atom stereocenters. The van der Waals surface area contributed by atoms with Crippen LogP contribution in [0.15, 0.2) is 48.5 Å². The van der Waals surface area contributed by atoms with E-state index in [2.05, 4.69) is 69.2 Å². The van der Waals surface area contributed by atoms with Gasteiger partial charge in [0.2, 0.25) is 0 Å². The molecule has 0 radical (unpaired) electrons. The average molecular weight is 432 g/mol. The Morgan fingerprint density at radius 3 is 2.59 bits per heavy atom. The number of unbranched alkanes of at least 4 members (excludes halogenated alkanes) is 1. The van der Waals surface area contributed by atoms with Crippen molar-refractivity contribution in [3.63, 3.8) is 0 Å². The summed E-state index contributed by atoms with van der Waals surface area (Å²) >= 11 is 0. The molecule has 0 amide bonds. The number of para-hydroxylation sites is 1. The number of hydrogen-bond acceptors (Lipinski definition) is 4. The summed E-state index contributed by atoms with van der Waals surface area (Å²) in [6, 6.07) is 17.9. The second-order valence-corrected chi connectivity index (χ2v) is 9.08. The third-order valence-electron chi connectivity index (χ3n) is 7.09. The van der Waals surface area contributed by atoms with Crippen LogP contribution in [0, 0.1) is 12.3 Å². The third kappa shape index (κ3) is 5.85. The average Bonchev–Trinajstić information content (AvgIpc) is 2.86. The smallest absolute Gasteiger partial charge is 0.119 e. The maximum Gasteiger partial charge on any atom is 0.119 e. The Morgan fingerprint density at radius 2 is 1.84 bits per heavy atom. The van der Waals surface area contributed by atoms with E-state index in [0.29, 0.717) is 6.04 Å². The molecule has 1 fully saturated rings. The van der Waals surface area contributed by atoms with E-state index in [-0.39, 0.29) is 0 Å². The first-order valence-corrected chi connectivity index (χ1v) is 12.1. The van der Waals surface area contributed by atoms with Crippen LogP contribution in [0.3, 0.4) is 0 Å². The van der Waals surface area contributed by atoms with Crippen molar-refractivity contribution < 1.29 is 4.74 Å². The summed E-state index contributed by atoms with van der Waals surface area (Å²) in [4.78, 5) is 7.66. The molecule has 0 saturated carbocycles. The number of piperazine rings is 1. The number of hydrogen-bond donors (Lipinski definition) is 0. The van der Waals surface area contributed by atoms with Crippen molar-refractivity contribution in [3.8, 4) is 18.1 Å². The molecule has 1 heterocycles. The van der Waals surface area contributed by atoms with Crippen molar-refractivity contribution in [2.24, 2.45) is 0 Å². The van der Waals surface area contributed by atoms with Gasteiger partial charge in [0.25, 0.3) is 0 Å². The lowest BCUT2D eigenvalue weighted by Crippen LogP contribution is -2.46. The maximum absolute atomic E-state index is 5.73. The zero-order valence-electron chi connectivity index (χ0n) is 19.5. The number of fused-ring (bicyclic) bond motifs is 1. The van der Waals surface area contributed by atoms with Crippen LogP contribution in [-0.4, -0.2) is 68.8 Å². The fourth-order valence-corrected chi connectivity index (χ4v) is 5.18. The van der Waals surface area contributed by atoms with Crippen LogP contribution in [0.4, 0.5) is 5.69 Å². The number of anilines is 1. The van der Waals surface area contributed by atoms with Gasteiger partial charge in [0.15, 0.2) is 0 Å². The van der Waals surface area contributed by atoms with Gasteiger partial charge in [-0.15, -0.1) is 6.42 Å². The molecule has 4 heteroatoms. The topological polar surface area (TPSA) is 19.0 Å². The molecule has 0 spiro atoms. The van der Waals surface area contributed by atoms with E-state index in [1.807, 2.05) is 0 Å². The van der Waals surface area contributed by atoms with Crippen LogP contribution >= 0.6 is 0 Å². The van der Waals surface area contributed by atoms with E-state index in [9.17, 15) is 0 Å². The van der Waals surface area contributed by atoms with Crippen molar-refractivity contribution in [2.75, 3.05) is 57.8 Å². The maximum atomic E-state index is 5.73. The van der Waals surface area contributed by atoms with Crippen molar-refractivity contribution in [1.29, 1.82) is 0 Å². The largest absolute Gasteiger partial charge is 0.497 e. The Labute approximate surface area is 194 Å². The highest BCUT2D eigenvalue weighted by molar-refractivity contribution is 5.46. The zero-order valence-corrected chi connectivity index (χ0v) is 19.5. The zero-order chi connectivity index (χ0) is 22.2. The molecule has 1 aliphatic carbocycles. The van der Waals surface area contributed by atoms with Gasteiger partial charge in [-0.25, -0.2) is 0 Å². The molecule has 2 aliphatic rings. The molecule has 1 saturated heterocycles. The van der Waals surface area contributed by atoms with Gasteiger partial charge >= 0.3 is 0 Å². The lowest BCUT2D eigenvalue weighted by Gasteiger charge is -2.36. The van der Waals surface area contributed by atoms with Crippen molar-refractivity contribution in [2.45, 2.75) is 38.1 Å². The summed E-state index contributed by atoms with van der Waals surface area (Å²) < 4.78 is 5.44. The summed E-state index contributed by atoms with van der Waals surface area (Å²) in [5.74, 6) is 3.87. The number of ether oxygens (including phenoxy) is 1. The number of methoxy groups -OCH3 is 1. The minimum atomic E-state index is 0.542. The second kappa shape index (κ2) is 11.4. The first kappa shape index (κ1) is 22.7. The van der Waals surface area contributed by atoms with Gasteiger partial charge in [-0.05, 0) is 80.6 Å². The molecule has 2 aromatic rings. The molecule has 4 rings (SSSR count).